The molecule has 4 rings (SSSR count). The highest BCUT2D eigenvalue weighted by Crippen LogP contribution is 2.27. The third-order valence-electron chi connectivity index (χ3n) is 5.67. The number of hydrogen-bond acceptors (Lipinski definition) is 5. The molecule has 0 amide bonds. The lowest BCUT2D eigenvalue weighted by Gasteiger charge is -2.12. The molecule has 0 radical (unpaired) electrons. The number of fused-ring (bicyclic) bond motifs is 1. The molecular weight excluding hydrogens is 456 g/mol. The minimum atomic E-state index is -2.91. The standard InChI is InChI=1S/C27H23F2NO5/c1-16-12-22(17(2)30(16)20-8-10-21(11-9-20)35-27(28)29)24(31)15-34-26(32)23-13-18-6-4-5-7-19(18)14-25(23)33-3/h4-14,27H,15H2,1-3H3. The Morgan fingerprint density at radius 1 is 0.914 bits per heavy atom. The van der Waals surface area contributed by atoms with Crippen molar-refractivity contribution in [2.24, 2.45) is 0 Å². The van der Waals surface area contributed by atoms with Gasteiger partial charge in [0.1, 0.15) is 17.1 Å². The monoisotopic (exact) mass is 479 g/mol. The first-order valence-electron chi connectivity index (χ1n) is 10.8. The van der Waals surface area contributed by atoms with Crippen LogP contribution in [0.4, 0.5) is 8.78 Å². The molecule has 8 heteroatoms. The van der Waals surface area contributed by atoms with Crippen LogP contribution < -0.4 is 9.47 Å². The van der Waals surface area contributed by atoms with Crippen molar-refractivity contribution in [2.45, 2.75) is 20.5 Å². The van der Waals surface area contributed by atoms with Crippen molar-refractivity contribution in [3.05, 3.63) is 89.2 Å². The summed E-state index contributed by atoms with van der Waals surface area (Å²) in [5.74, 6) is -0.628. The second-order valence-corrected chi connectivity index (χ2v) is 7.89. The molecule has 4 aromatic rings. The van der Waals surface area contributed by atoms with Crippen LogP contribution in [-0.2, 0) is 4.74 Å². The Hall–Kier alpha value is -4.20. The van der Waals surface area contributed by atoms with Gasteiger partial charge < -0.3 is 18.8 Å². The van der Waals surface area contributed by atoms with Crippen LogP contribution in [0.25, 0.3) is 16.5 Å². The Labute approximate surface area is 200 Å². The zero-order chi connectivity index (χ0) is 25.1. The van der Waals surface area contributed by atoms with E-state index >= 15 is 0 Å². The summed E-state index contributed by atoms with van der Waals surface area (Å²) < 4.78 is 41.7. The molecule has 1 heterocycles. The van der Waals surface area contributed by atoms with Gasteiger partial charge in [-0.05, 0) is 67.1 Å². The van der Waals surface area contributed by atoms with E-state index in [0.29, 0.717) is 22.7 Å². The van der Waals surface area contributed by atoms with E-state index in [1.807, 2.05) is 35.8 Å². The number of ether oxygens (including phenoxy) is 3. The molecular formula is C27H23F2NO5. The van der Waals surface area contributed by atoms with E-state index in [9.17, 15) is 18.4 Å². The third-order valence-corrected chi connectivity index (χ3v) is 5.67. The maximum Gasteiger partial charge on any atom is 0.387 e. The second-order valence-electron chi connectivity index (χ2n) is 7.89. The van der Waals surface area contributed by atoms with E-state index in [-0.39, 0.29) is 17.1 Å². The Bertz CT molecular complexity index is 1390. The fourth-order valence-corrected chi connectivity index (χ4v) is 4.05. The van der Waals surface area contributed by atoms with Crippen LogP contribution in [0.1, 0.15) is 32.1 Å². The number of methoxy groups -OCH3 is 1. The predicted octanol–water partition coefficient (Wildman–Crippen LogP) is 5.90. The van der Waals surface area contributed by atoms with Crippen molar-refractivity contribution < 1.29 is 32.6 Å². The number of aryl methyl sites for hydroxylation is 1. The zero-order valence-electron chi connectivity index (χ0n) is 19.4. The largest absolute Gasteiger partial charge is 0.496 e. The van der Waals surface area contributed by atoms with Gasteiger partial charge in [0.15, 0.2) is 6.61 Å². The highest BCUT2D eigenvalue weighted by molar-refractivity contribution is 6.02. The Kier molecular flexibility index (Phi) is 6.82. The van der Waals surface area contributed by atoms with Crippen LogP contribution in [0.2, 0.25) is 0 Å². The number of carbonyl (C=O) groups excluding carboxylic acids is 2. The summed E-state index contributed by atoms with van der Waals surface area (Å²) in [6, 6.07) is 18.8. The van der Waals surface area contributed by atoms with Crippen LogP contribution in [0, 0.1) is 13.8 Å². The van der Waals surface area contributed by atoms with Crippen molar-refractivity contribution in [2.75, 3.05) is 13.7 Å². The zero-order valence-corrected chi connectivity index (χ0v) is 19.4. The van der Waals surface area contributed by atoms with E-state index in [1.54, 1.807) is 37.3 Å². The predicted molar refractivity (Wildman–Crippen MR) is 127 cm³/mol. The quantitative estimate of drug-likeness (QED) is 0.233. The van der Waals surface area contributed by atoms with Crippen molar-refractivity contribution in [1.82, 2.24) is 4.57 Å². The van der Waals surface area contributed by atoms with Gasteiger partial charge in [0.05, 0.1) is 7.11 Å². The lowest BCUT2D eigenvalue weighted by Crippen LogP contribution is -2.15. The average Bonchev–Trinajstić information content (AvgIpc) is 3.15. The second kappa shape index (κ2) is 9.97. The number of carbonyl (C=O) groups is 2. The van der Waals surface area contributed by atoms with Crippen LogP contribution in [0.15, 0.2) is 66.7 Å². The molecule has 35 heavy (non-hydrogen) atoms. The number of ketones is 1. The first kappa shape index (κ1) is 23.9. The fraction of sp³-hybridized carbons (Fsp3) is 0.185. The smallest absolute Gasteiger partial charge is 0.387 e. The van der Waals surface area contributed by atoms with Gasteiger partial charge in [-0.15, -0.1) is 0 Å². The first-order valence-corrected chi connectivity index (χ1v) is 10.8. The highest BCUT2D eigenvalue weighted by atomic mass is 19.3. The van der Waals surface area contributed by atoms with Gasteiger partial charge in [0.2, 0.25) is 5.78 Å². The summed E-state index contributed by atoms with van der Waals surface area (Å²) in [5.41, 5.74) is 2.70. The highest BCUT2D eigenvalue weighted by Gasteiger charge is 2.21. The number of benzene rings is 3. The summed E-state index contributed by atoms with van der Waals surface area (Å²) in [6.45, 7) is 0.231. The van der Waals surface area contributed by atoms with E-state index in [1.165, 1.54) is 19.2 Å². The minimum Gasteiger partial charge on any atom is -0.496 e. The third kappa shape index (κ3) is 5.01. The molecule has 0 spiro atoms. The normalized spacial score (nSPS) is 11.0. The molecule has 180 valence electrons. The van der Waals surface area contributed by atoms with Crippen LogP contribution in [-0.4, -0.2) is 36.6 Å². The molecule has 0 fully saturated rings. The Morgan fingerprint density at radius 3 is 2.20 bits per heavy atom. The number of halogens is 2. The molecule has 0 aliphatic heterocycles. The summed E-state index contributed by atoms with van der Waals surface area (Å²) in [6.07, 6.45) is 0. The Morgan fingerprint density at radius 2 is 1.57 bits per heavy atom. The van der Waals surface area contributed by atoms with Gasteiger partial charge in [0.25, 0.3) is 0 Å². The first-order chi connectivity index (χ1) is 16.8. The van der Waals surface area contributed by atoms with Gasteiger partial charge in [-0.25, -0.2) is 4.79 Å². The Balaban J connectivity index is 1.51. The molecule has 0 saturated heterocycles. The molecule has 0 atom stereocenters. The molecule has 0 saturated carbocycles. The number of alkyl halides is 2. The van der Waals surface area contributed by atoms with E-state index < -0.39 is 19.2 Å². The summed E-state index contributed by atoms with van der Waals surface area (Å²) >= 11 is 0. The van der Waals surface area contributed by atoms with Gasteiger partial charge in [-0.2, -0.15) is 8.78 Å². The number of rotatable bonds is 8. The van der Waals surface area contributed by atoms with Crippen molar-refractivity contribution in [3.8, 4) is 17.2 Å². The number of aromatic nitrogens is 1. The SMILES string of the molecule is COc1cc2ccccc2cc1C(=O)OCC(=O)c1cc(C)n(-c2ccc(OC(F)F)cc2)c1C. The molecule has 0 aliphatic rings. The molecule has 0 aliphatic carbocycles. The van der Waals surface area contributed by atoms with Crippen LogP contribution >= 0.6 is 0 Å². The summed E-state index contributed by atoms with van der Waals surface area (Å²) in [7, 11) is 1.47. The van der Waals surface area contributed by atoms with E-state index in [4.69, 9.17) is 9.47 Å². The lowest BCUT2D eigenvalue weighted by molar-refractivity contribution is -0.0498. The van der Waals surface area contributed by atoms with Crippen molar-refractivity contribution >= 4 is 22.5 Å². The van der Waals surface area contributed by atoms with Crippen LogP contribution in [0.3, 0.4) is 0 Å². The van der Waals surface area contributed by atoms with Gasteiger partial charge in [-0.3, -0.25) is 4.79 Å². The maximum absolute atomic E-state index is 12.9. The molecule has 0 bridgehead atoms. The topological polar surface area (TPSA) is 66.8 Å². The average molecular weight is 479 g/mol. The van der Waals surface area contributed by atoms with Gasteiger partial charge >= 0.3 is 12.6 Å². The number of esters is 1. The van der Waals surface area contributed by atoms with Gasteiger partial charge in [-0.1, -0.05) is 24.3 Å². The van der Waals surface area contributed by atoms with E-state index in [0.717, 1.165) is 16.5 Å². The molecule has 0 N–H and O–H groups in total. The maximum atomic E-state index is 12.9. The molecule has 0 unspecified atom stereocenters. The number of hydrogen-bond donors (Lipinski definition) is 0. The molecule has 3 aromatic carbocycles. The summed E-state index contributed by atoms with van der Waals surface area (Å²) in [5, 5.41) is 1.76. The fourth-order valence-electron chi connectivity index (χ4n) is 4.05. The number of Topliss-reactive ketones (excluding diaryl/α,β-unsaturated/α-hetero) is 1. The summed E-state index contributed by atoms with van der Waals surface area (Å²) in [4.78, 5) is 25.7. The number of nitrogens with zero attached hydrogens (tertiary/aromatic N) is 1. The van der Waals surface area contributed by atoms with Gasteiger partial charge in [0, 0.05) is 22.6 Å². The molecule has 1 aromatic heterocycles. The lowest BCUT2D eigenvalue weighted by atomic mass is 10.1. The van der Waals surface area contributed by atoms with Crippen LogP contribution in [0.5, 0.6) is 11.5 Å². The molecule has 6 nitrogen and oxygen atoms in total. The van der Waals surface area contributed by atoms with Crippen molar-refractivity contribution in [1.29, 1.82) is 0 Å². The van der Waals surface area contributed by atoms with Crippen molar-refractivity contribution in [3.63, 3.8) is 0 Å². The van der Waals surface area contributed by atoms with E-state index in [2.05, 4.69) is 4.74 Å². The minimum absolute atomic E-state index is 0.0403.